The Morgan fingerprint density at radius 3 is 1.86 bits per heavy atom. The molecule has 1 nitrogen and oxygen atoms in total. The highest BCUT2D eigenvalue weighted by Crippen LogP contribution is 2.30. The minimum absolute atomic E-state index is 0.296. The third-order valence-electron chi connectivity index (χ3n) is 4.89. The maximum absolute atomic E-state index is 11.0. The average Bonchev–Trinajstić information content (AvgIpc) is 2.42. The summed E-state index contributed by atoms with van der Waals surface area (Å²) < 4.78 is 0. The van der Waals surface area contributed by atoms with Gasteiger partial charge in [-0.2, -0.15) is 0 Å². The second kappa shape index (κ2) is 8.58. The van der Waals surface area contributed by atoms with Crippen LogP contribution in [0.25, 0.3) is 0 Å². The molecule has 1 heteroatoms. The molecule has 1 N–H and O–H groups in total. The van der Waals surface area contributed by atoms with Crippen LogP contribution in [0.15, 0.2) is 34.9 Å². The van der Waals surface area contributed by atoms with Gasteiger partial charge in [0.2, 0.25) is 0 Å². The van der Waals surface area contributed by atoms with Crippen molar-refractivity contribution in [3.63, 3.8) is 0 Å². The maximum Gasteiger partial charge on any atom is 0.0707 e. The summed E-state index contributed by atoms with van der Waals surface area (Å²) in [7, 11) is 0. The lowest BCUT2D eigenvalue weighted by atomic mass is 9.81. The van der Waals surface area contributed by atoms with E-state index in [2.05, 4.69) is 52.8 Å². The minimum atomic E-state index is -0.563. The van der Waals surface area contributed by atoms with E-state index in [1.54, 1.807) is 0 Å². The summed E-state index contributed by atoms with van der Waals surface area (Å²) in [4.78, 5) is 0. The van der Waals surface area contributed by atoms with Crippen molar-refractivity contribution in [2.45, 2.75) is 85.2 Å². The van der Waals surface area contributed by atoms with Crippen LogP contribution in [0.4, 0.5) is 0 Å². The highest BCUT2D eigenvalue weighted by Gasteiger charge is 2.29. The van der Waals surface area contributed by atoms with Gasteiger partial charge in [-0.05, 0) is 71.6 Å². The molecular formula is C20H34O. The van der Waals surface area contributed by atoms with Crippen molar-refractivity contribution in [1.82, 2.24) is 0 Å². The van der Waals surface area contributed by atoms with E-state index in [-0.39, 0.29) is 0 Å². The first-order valence-electron chi connectivity index (χ1n) is 8.53. The molecule has 0 saturated heterocycles. The van der Waals surface area contributed by atoms with Crippen LogP contribution in [0, 0.1) is 5.92 Å². The van der Waals surface area contributed by atoms with Crippen molar-refractivity contribution in [1.29, 1.82) is 0 Å². The van der Waals surface area contributed by atoms with Crippen molar-refractivity contribution in [2.75, 3.05) is 0 Å². The third-order valence-corrected chi connectivity index (χ3v) is 4.89. The minimum Gasteiger partial charge on any atom is -0.389 e. The Kier molecular flexibility index (Phi) is 7.45. The van der Waals surface area contributed by atoms with Gasteiger partial charge in [-0.1, -0.05) is 48.8 Å². The molecule has 1 aliphatic carbocycles. The molecule has 0 aliphatic heterocycles. The fourth-order valence-electron chi connectivity index (χ4n) is 2.79. The number of aliphatic hydroxyl groups is 1. The van der Waals surface area contributed by atoms with E-state index in [4.69, 9.17) is 0 Å². The van der Waals surface area contributed by atoms with Crippen molar-refractivity contribution < 1.29 is 5.11 Å². The Morgan fingerprint density at radius 1 is 0.857 bits per heavy atom. The van der Waals surface area contributed by atoms with Gasteiger partial charge in [0.05, 0.1) is 5.60 Å². The van der Waals surface area contributed by atoms with Gasteiger partial charge in [-0.15, -0.1) is 0 Å². The van der Waals surface area contributed by atoms with Crippen LogP contribution in [0.1, 0.15) is 79.6 Å². The Morgan fingerprint density at radius 2 is 1.33 bits per heavy atom. The zero-order valence-electron chi connectivity index (χ0n) is 14.7. The molecule has 0 aromatic carbocycles. The molecule has 0 fully saturated rings. The molecule has 0 aromatic rings. The van der Waals surface area contributed by atoms with Crippen molar-refractivity contribution in [2.24, 2.45) is 5.92 Å². The topological polar surface area (TPSA) is 20.2 Å². The zero-order chi connectivity index (χ0) is 15.9. The summed E-state index contributed by atoms with van der Waals surface area (Å²) in [5.74, 6) is 0.296. The number of hydrogen-bond acceptors (Lipinski definition) is 1. The van der Waals surface area contributed by atoms with Gasteiger partial charge in [0.1, 0.15) is 0 Å². The first-order chi connectivity index (χ1) is 9.83. The van der Waals surface area contributed by atoms with Gasteiger partial charge in [0.15, 0.2) is 0 Å². The maximum atomic E-state index is 11.0. The molecule has 0 heterocycles. The predicted molar refractivity (Wildman–Crippen MR) is 93.4 cm³/mol. The molecule has 0 spiro atoms. The highest BCUT2D eigenvalue weighted by molar-refractivity contribution is 5.09. The molecule has 21 heavy (non-hydrogen) atoms. The Labute approximate surface area is 131 Å². The van der Waals surface area contributed by atoms with Crippen LogP contribution in [-0.4, -0.2) is 10.7 Å². The summed E-state index contributed by atoms with van der Waals surface area (Å²) in [6.45, 7) is 10.9. The SMILES string of the molecule is C/C1=C/CC(O)(C(C)C)CC/C(C)=C/CC/C(C)=C\CC1. The Bertz CT molecular complexity index is 412. The van der Waals surface area contributed by atoms with E-state index in [0.29, 0.717) is 5.92 Å². The predicted octanol–water partition coefficient (Wildman–Crippen LogP) is 5.96. The van der Waals surface area contributed by atoms with Crippen LogP contribution in [0.2, 0.25) is 0 Å². The zero-order valence-corrected chi connectivity index (χ0v) is 14.7. The summed E-state index contributed by atoms with van der Waals surface area (Å²) in [6.07, 6.45) is 14.2. The third kappa shape index (κ3) is 6.65. The van der Waals surface area contributed by atoms with Gasteiger partial charge in [0, 0.05) is 0 Å². The largest absolute Gasteiger partial charge is 0.389 e. The van der Waals surface area contributed by atoms with Crippen LogP contribution in [0.5, 0.6) is 0 Å². The molecule has 0 radical (unpaired) electrons. The molecule has 1 rings (SSSR count). The van der Waals surface area contributed by atoms with E-state index in [1.165, 1.54) is 16.7 Å². The van der Waals surface area contributed by atoms with Gasteiger partial charge in [-0.3, -0.25) is 0 Å². The summed E-state index contributed by atoms with van der Waals surface area (Å²) in [6, 6.07) is 0. The Hall–Kier alpha value is -0.820. The number of allylic oxidation sites excluding steroid dienone is 5. The van der Waals surface area contributed by atoms with E-state index in [1.807, 2.05) is 0 Å². The second-order valence-electron chi connectivity index (χ2n) is 7.19. The standard InChI is InChI=1S/C20H34O/c1-16(2)20(21)14-12-18(4)10-6-8-17(3)9-7-11-19(5)13-15-20/h8,11-12,16,21H,6-7,9-10,13-15H2,1-5H3/b17-8-,18-12-,19-11+. The molecule has 120 valence electrons. The van der Waals surface area contributed by atoms with E-state index in [0.717, 1.165) is 44.9 Å². The first-order valence-corrected chi connectivity index (χ1v) is 8.53. The molecule has 1 unspecified atom stereocenters. The van der Waals surface area contributed by atoms with Crippen molar-refractivity contribution in [3.8, 4) is 0 Å². The van der Waals surface area contributed by atoms with Gasteiger partial charge in [-0.25, -0.2) is 0 Å². The lowest BCUT2D eigenvalue weighted by molar-refractivity contribution is -0.0101. The lowest BCUT2D eigenvalue weighted by Gasteiger charge is -2.32. The molecular weight excluding hydrogens is 256 g/mol. The highest BCUT2D eigenvalue weighted by atomic mass is 16.3. The monoisotopic (exact) mass is 290 g/mol. The molecule has 0 amide bonds. The lowest BCUT2D eigenvalue weighted by Crippen LogP contribution is -2.34. The van der Waals surface area contributed by atoms with Gasteiger partial charge >= 0.3 is 0 Å². The van der Waals surface area contributed by atoms with Crippen molar-refractivity contribution >= 4 is 0 Å². The van der Waals surface area contributed by atoms with Gasteiger partial charge < -0.3 is 5.11 Å². The normalized spacial score (nSPS) is 34.1. The number of hydrogen-bond donors (Lipinski definition) is 1. The fraction of sp³-hybridized carbons (Fsp3) is 0.700. The smallest absolute Gasteiger partial charge is 0.0707 e. The van der Waals surface area contributed by atoms with E-state index in [9.17, 15) is 5.11 Å². The molecule has 0 saturated carbocycles. The summed E-state index contributed by atoms with van der Waals surface area (Å²) in [5, 5.41) is 11.0. The van der Waals surface area contributed by atoms with Crippen LogP contribution in [-0.2, 0) is 0 Å². The fourth-order valence-corrected chi connectivity index (χ4v) is 2.79. The quantitative estimate of drug-likeness (QED) is 0.591. The van der Waals surface area contributed by atoms with Crippen LogP contribution in [0.3, 0.4) is 0 Å². The van der Waals surface area contributed by atoms with Gasteiger partial charge in [0.25, 0.3) is 0 Å². The van der Waals surface area contributed by atoms with E-state index >= 15 is 0 Å². The first kappa shape index (κ1) is 18.2. The molecule has 0 bridgehead atoms. The number of rotatable bonds is 1. The second-order valence-corrected chi connectivity index (χ2v) is 7.19. The summed E-state index contributed by atoms with van der Waals surface area (Å²) >= 11 is 0. The summed E-state index contributed by atoms with van der Waals surface area (Å²) in [5.41, 5.74) is 3.76. The van der Waals surface area contributed by atoms with Crippen LogP contribution < -0.4 is 0 Å². The average molecular weight is 290 g/mol. The van der Waals surface area contributed by atoms with Crippen molar-refractivity contribution in [3.05, 3.63) is 34.9 Å². The molecule has 1 atom stereocenters. The Balaban J connectivity index is 2.88. The molecule has 1 aliphatic rings. The molecule has 0 aromatic heterocycles. The van der Waals surface area contributed by atoms with E-state index < -0.39 is 5.60 Å². The van der Waals surface area contributed by atoms with Crippen LogP contribution >= 0.6 is 0 Å².